The fourth-order valence-electron chi connectivity index (χ4n) is 14.2. The van der Waals surface area contributed by atoms with Gasteiger partial charge in [0.25, 0.3) is 0 Å². The van der Waals surface area contributed by atoms with Gasteiger partial charge in [0.2, 0.25) is 0 Å². The first-order valence-electron chi connectivity index (χ1n) is 40.3. The van der Waals surface area contributed by atoms with Crippen molar-refractivity contribution in [3.05, 3.63) is 254 Å². The zero-order chi connectivity index (χ0) is 88.3. The van der Waals surface area contributed by atoms with Gasteiger partial charge in [0.05, 0.1) is 78.8 Å². The minimum atomic E-state index is 0. The second-order valence-corrected chi connectivity index (χ2v) is 29.1. The summed E-state index contributed by atoms with van der Waals surface area (Å²) in [6, 6.07) is 55.1. The van der Waals surface area contributed by atoms with Crippen molar-refractivity contribution in [2.45, 2.75) is 27.7 Å². The molecule has 26 rings (SSSR count). The second kappa shape index (κ2) is 37.8. The van der Waals surface area contributed by atoms with Gasteiger partial charge in [-0.15, -0.1) is 0 Å². The van der Waals surface area contributed by atoms with E-state index in [4.69, 9.17) is 0 Å². The van der Waals surface area contributed by atoms with Crippen LogP contribution < -0.4 is 39.9 Å². The van der Waals surface area contributed by atoms with E-state index >= 15 is 0 Å². The van der Waals surface area contributed by atoms with Crippen LogP contribution >= 0.6 is 0 Å². The van der Waals surface area contributed by atoms with Crippen molar-refractivity contribution in [2.75, 3.05) is 0 Å². The third kappa shape index (κ3) is 17.9. The van der Waals surface area contributed by atoms with Crippen LogP contribution in [0, 0.1) is 27.7 Å². The van der Waals surface area contributed by atoms with Crippen LogP contribution in [-0.2, 0) is 84.3 Å². The number of fused-ring (bicyclic) bond motifs is 50. The van der Waals surface area contributed by atoms with Gasteiger partial charge in [-0.2, -0.15) is 0 Å². The molecule has 32 bridgehead atoms. The average Bonchev–Trinajstić information content (AvgIpc) is 1.64. The van der Waals surface area contributed by atoms with E-state index in [9.17, 15) is 0 Å². The Bertz CT molecular complexity index is 8010. The Morgan fingerprint density at radius 1 is 0.147 bits per heavy atom. The number of pyridine rings is 8. The van der Waals surface area contributed by atoms with Crippen molar-refractivity contribution in [1.29, 1.82) is 0 Å². The normalized spacial score (nSPS) is 11.1. The molecule has 0 atom stereocenters. The van der Waals surface area contributed by atoms with Crippen LogP contribution in [0.4, 0.5) is 0 Å². The third-order valence-electron chi connectivity index (χ3n) is 20.6. The molecule has 24 aromatic heterocycles. The first kappa shape index (κ1) is 88.4. The smallest absolute Gasteiger partial charge is 0.358 e. The SMILES string of the molecule is Cc1c(C)c2nc3cccc(n3)nc3[n-]c(nc4cccc(n4)nc1[n-]2)c(C)c3C.[Pt+2].[Pt+2].[Pt+2].[Pt+2].c1cc2nc(c1)nc1[n-]c(nc3cccc(n3)nc3[n-]c(n2)c2cccnc32)c2cccnc12.c1cc2nc(c1)nc1[n-]c(nc3cccc(n3)nc3[n-]c(n2)c2nccnc32)c2nccnc12.c1ccc2c3nc4ncnc(n4)nc4[n-]c(nc5ncnc(n5)nc([n-]3)c2c1)c1ccccc41. The molecule has 0 unspecified atom stereocenters. The van der Waals surface area contributed by atoms with E-state index in [0.29, 0.717) is 191 Å². The van der Waals surface area contributed by atoms with Crippen LogP contribution in [0.5, 0.6) is 0 Å². The van der Waals surface area contributed by atoms with Crippen molar-refractivity contribution in [1.82, 2.24) is 209 Å². The van der Waals surface area contributed by atoms with Crippen molar-refractivity contribution in [2.24, 2.45) is 0 Å². The van der Waals surface area contributed by atoms with E-state index < -0.39 is 0 Å². The molecule has 0 aliphatic carbocycles. The largest absolute Gasteiger partial charge is 2.00 e. The van der Waals surface area contributed by atoms with Crippen LogP contribution in [0.15, 0.2) is 232 Å². The Balaban J connectivity index is 0.000000115. The Kier molecular flexibility index (Phi) is 24.6. The molecule has 0 saturated carbocycles. The molecule has 0 fully saturated rings. The summed E-state index contributed by atoms with van der Waals surface area (Å²) in [5.74, 6) is 0.662. The van der Waals surface area contributed by atoms with E-state index in [2.05, 4.69) is 209 Å². The maximum atomic E-state index is 4.66. The predicted octanol–water partition coefficient (Wildman–Crippen LogP) is 11.2. The van der Waals surface area contributed by atoms with E-state index in [1.54, 1.807) is 97.8 Å². The van der Waals surface area contributed by atoms with Gasteiger partial charge in [-0.3, -0.25) is 29.9 Å². The molecular weight excluding hydrogens is 2450 g/mol. The number of aryl methyl sites for hydroxylation is 4. The summed E-state index contributed by atoms with van der Waals surface area (Å²) in [6.07, 6.45) is 12.4. The molecule has 0 aliphatic rings. The van der Waals surface area contributed by atoms with E-state index in [1.807, 2.05) is 149 Å². The summed E-state index contributed by atoms with van der Waals surface area (Å²) in [4.78, 5) is 189. The topological polar surface area (TPSA) is 551 Å². The van der Waals surface area contributed by atoms with Crippen molar-refractivity contribution in [3.63, 3.8) is 0 Å². The van der Waals surface area contributed by atoms with Gasteiger partial charge in [0, 0.05) is 138 Å². The number of rotatable bonds is 0. The molecule has 0 amide bonds. The molecule has 42 nitrogen and oxygen atoms in total. The van der Waals surface area contributed by atoms with Crippen LogP contribution in [0.3, 0.4) is 0 Å². The number of hydrogen-bond acceptors (Lipinski definition) is 34. The Morgan fingerprint density at radius 2 is 0.331 bits per heavy atom. The van der Waals surface area contributed by atoms with Crippen LogP contribution in [0.25, 0.3) is 247 Å². The van der Waals surface area contributed by atoms with Gasteiger partial charge < -0.3 is 120 Å². The first-order valence-corrected chi connectivity index (χ1v) is 40.3. The minimum Gasteiger partial charge on any atom is -0.358 e. The Morgan fingerprint density at radius 3 is 0.581 bits per heavy atom. The quantitative estimate of drug-likeness (QED) is 0.136. The molecule has 660 valence electrons. The molecule has 26 aromatic rings. The summed E-state index contributed by atoms with van der Waals surface area (Å²) in [5, 5.41) is 4.70. The molecule has 2 aromatic carbocycles. The van der Waals surface area contributed by atoms with Crippen LogP contribution in [-0.4, -0.2) is 169 Å². The molecule has 0 saturated heterocycles. The first-order chi connectivity index (χ1) is 64.9. The molecule has 0 N–H and O–H groups in total. The van der Waals surface area contributed by atoms with Crippen molar-refractivity contribution in [3.8, 4) is 0 Å². The van der Waals surface area contributed by atoms with E-state index in [0.717, 1.165) is 54.6 Å². The van der Waals surface area contributed by atoms with Crippen molar-refractivity contribution < 1.29 is 84.3 Å². The van der Waals surface area contributed by atoms with Gasteiger partial charge in [-0.1, -0.05) is 97.1 Å². The molecule has 136 heavy (non-hydrogen) atoms. The standard InChI is InChI=1S/C24H12N10.2C22H10N12.C22H18N8.4Pt/c1-7-15-27-17(9-1)31-23-19-14(6-4-11-25-19)22(34-23)30-16-8-2-10-18(28-16)32-24-20-13(5-3-12-26-20)21(29-15)33-24;1-3-11-27-12(4-1)30-20-16-18(26-10-8-24-16)22(34-20)32-14-6-2-5-13(28-14)31-21-17-15(19(29-11)33-21)23-7-9-25-17;1-2-6-12-11(5-1)15-27-16(12)30-20-24-10-26-22(34-20)32-18-14-8-4-3-7-13(14)17(28-18)31-21-25-9-23-19(29-15)33-21;1-11-12(2)20-26-16-8-6-10-18(24-16)28-22-14(4)13(3)21(30-22)27-17-9-5-7-15(23-17)25-19(11)29-20;;;;/h1-12H;2*1-10H;5-10H,1-4H3;;;;/q4*-2;4*+2. The molecule has 0 radical (unpaired) electrons. The van der Waals surface area contributed by atoms with Crippen LogP contribution in [0.1, 0.15) is 22.3 Å². The van der Waals surface area contributed by atoms with Gasteiger partial charge in [0.1, 0.15) is 34.7 Å². The predicted molar refractivity (Wildman–Crippen MR) is 487 cm³/mol. The Hall–Kier alpha value is -16.8. The number of nitrogens with zero attached hydrogens (tertiary/aromatic N) is 42. The van der Waals surface area contributed by atoms with Gasteiger partial charge in [-0.05, 0) is 156 Å². The average molecular weight is 2500 g/mol. The molecule has 46 heteroatoms. The number of benzene rings is 2. The van der Waals surface area contributed by atoms with Crippen LogP contribution in [0.2, 0.25) is 0 Å². The summed E-state index contributed by atoms with van der Waals surface area (Å²) in [6.45, 7) is 7.90. The molecule has 0 spiro atoms. The van der Waals surface area contributed by atoms with Gasteiger partial charge in [-0.25, -0.2) is 59.8 Å². The molecule has 24 heterocycles. The molecule has 0 aliphatic heterocycles. The third-order valence-corrected chi connectivity index (χ3v) is 20.6. The van der Waals surface area contributed by atoms with Crippen molar-refractivity contribution >= 4 is 247 Å². The Labute approximate surface area is 815 Å². The zero-order valence-corrected chi connectivity index (χ0v) is 79.1. The second-order valence-electron chi connectivity index (χ2n) is 29.1. The maximum Gasteiger partial charge on any atom is 2.00 e. The number of aromatic nitrogens is 42. The summed E-state index contributed by atoms with van der Waals surface area (Å²) in [7, 11) is 0. The fraction of sp³-hybridized carbons (Fsp3) is 0.0444. The zero-order valence-electron chi connectivity index (χ0n) is 70.0. The summed E-state index contributed by atoms with van der Waals surface area (Å²) < 4.78 is 0. The van der Waals surface area contributed by atoms with E-state index in [1.165, 1.54) is 12.7 Å². The monoisotopic (exact) mass is 2500 g/mol. The minimum absolute atomic E-state index is 0. The summed E-state index contributed by atoms with van der Waals surface area (Å²) >= 11 is 0. The van der Waals surface area contributed by atoms with E-state index in [-0.39, 0.29) is 107 Å². The van der Waals surface area contributed by atoms with Gasteiger partial charge in [0.15, 0.2) is 23.1 Å². The maximum absolute atomic E-state index is 4.66. The molecular formula is C90H50N42Pt4. The fourth-order valence-corrected chi connectivity index (χ4v) is 14.2. The summed E-state index contributed by atoms with van der Waals surface area (Å²) in [5.41, 5.74) is 19.9. The number of hydrogen-bond donors (Lipinski definition) is 0. The van der Waals surface area contributed by atoms with Gasteiger partial charge >= 0.3 is 84.3 Å².